The van der Waals surface area contributed by atoms with Gasteiger partial charge in [-0.2, -0.15) is 8.78 Å². The van der Waals surface area contributed by atoms with E-state index in [0.717, 1.165) is 24.0 Å². The molecule has 1 heterocycles. The van der Waals surface area contributed by atoms with Crippen LogP contribution in [0.3, 0.4) is 0 Å². The van der Waals surface area contributed by atoms with Crippen LogP contribution in [0.15, 0.2) is 18.2 Å². The molecule has 0 radical (unpaired) electrons. The molecule has 6 nitrogen and oxygen atoms in total. The number of nitrogens with zero attached hydrogens (tertiary/aromatic N) is 3. The molecule has 2 aromatic rings. The lowest BCUT2D eigenvalue weighted by Crippen LogP contribution is -2.24. The van der Waals surface area contributed by atoms with Crippen LogP contribution in [-0.2, 0) is 10.7 Å². The second-order valence-corrected chi connectivity index (χ2v) is 10.5. The molecule has 1 fully saturated rings. The zero-order valence-electron chi connectivity index (χ0n) is 20.3. The molecular weight excluding hydrogens is 426 g/mol. The Bertz CT molecular complexity index is 977. The first-order valence-corrected chi connectivity index (χ1v) is 11.7. The number of hydrogen-bond donors (Lipinski definition) is 2. The third-order valence-electron chi connectivity index (χ3n) is 6.08. The Morgan fingerprint density at radius 2 is 1.91 bits per heavy atom. The van der Waals surface area contributed by atoms with E-state index in [0.29, 0.717) is 17.9 Å². The van der Waals surface area contributed by atoms with E-state index in [9.17, 15) is 9.90 Å². The number of amides is 1. The molecule has 0 spiro atoms. The summed E-state index contributed by atoms with van der Waals surface area (Å²) in [5.41, 5.74) is 2.54. The maximum atomic E-state index is 15.2. The highest BCUT2D eigenvalue weighted by Gasteiger charge is 2.43. The van der Waals surface area contributed by atoms with Gasteiger partial charge in [-0.05, 0) is 56.6 Å². The van der Waals surface area contributed by atoms with E-state index in [1.54, 1.807) is 4.57 Å². The van der Waals surface area contributed by atoms with Gasteiger partial charge in [0.2, 0.25) is 11.7 Å². The average Bonchev–Trinajstić information content (AvgIpc) is 3.45. The Kier molecular flexibility index (Phi) is 7.56. The van der Waals surface area contributed by atoms with E-state index >= 15 is 8.78 Å². The molecule has 1 saturated carbocycles. The van der Waals surface area contributed by atoms with E-state index in [2.05, 4.69) is 15.5 Å². The lowest BCUT2D eigenvalue weighted by Gasteiger charge is -2.24. The van der Waals surface area contributed by atoms with Crippen LogP contribution in [0.5, 0.6) is 0 Å². The molecule has 0 aliphatic heterocycles. The van der Waals surface area contributed by atoms with Crippen molar-refractivity contribution in [3.63, 3.8) is 0 Å². The SMILES string of the molecule is Cc1ccc(NC(=O)CC(CCO)c2nnc(C(F)(F)CCC(C)(C)C)n2C2CC2)c(C)c1. The molecule has 3 rings (SSSR count). The monoisotopic (exact) mass is 462 g/mol. The lowest BCUT2D eigenvalue weighted by molar-refractivity contribution is -0.116. The Morgan fingerprint density at radius 3 is 2.48 bits per heavy atom. The number of aliphatic hydroxyl groups excluding tert-OH is 1. The van der Waals surface area contributed by atoms with E-state index in [1.165, 1.54) is 0 Å². The van der Waals surface area contributed by atoms with Crippen LogP contribution < -0.4 is 5.32 Å². The molecular formula is C25H36F2N4O2. The van der Waals surface area contributed by atoms with Crippen LogP contribution in [0, 0.1) is 19.3 Å². The highest BCUT2D eigenvalue weighted by atomic mass is 19.3. The summed E-state index contributed by atoms with van der Waals surface area (Å²) in [7, 11) is 0. The number of aromatic nitrogens is 3. The summed E-state index contributed by atoms with van der Waals surface area (Å²) in [6.45, 7) is 9.54. The van der Waals surface area contributed by atoms with Gasteiger partial charge in [-0.15, -0.1) is 10.2 Å². The normalized spacial score (nSPS) is 15.5. The molecule has 1 aliphatic carbocycles. The van der Waals surface area contributed by atoms with Gasteiger partial charge in [-0.25, -0.2) is 0 Å². The second-order valence-electron chi connectivity index (χ2n) is 10.5. The molecule has 0 bridgehead atoms. The first kappa shape index (κ1) is 25.3. The highest BCUT2D eigenvalue weighted by Crippen LogP contribution is 2.44. The van der Waals surface area contributed by atoms with Crippen LogP contribution in [0.1, 0.15) is 94.0 Å². The summed E-state index contributed by atoms with van der Waals surface area (Å²) < 4.78 is 31.9. The van der Waals surface area contributed by atoms with Gasteiger partial charge >= 0.3 is 5.92 Å². The smallest absolute Gasteiger partial charge is 0.306 e. The van der Waals surface area contributed by atoms with Gasteiger partial charge in [0.05, 0.1) is 0 Å². The summed E-state index contributed by atoms with van der Waals surface area (Å²) in [6.07, 6.45) is 1.90. The van der Waals surface area contributed by atoms with Crippen molar-refractivity contribution in [3.8, 4) is 0 Å². The molecule has 2 N–H and O–H groups in total. The number of hydrogen-bond acceptors (Lipinski definition) is 4. The van der Waals surface area contributed by atoms with Crippen LogP contribution in [-0.4, -0.2) is 32.4 Å². The van der Waals surface area contributed by atoms with Crippen molar-refractivity contribution >= 4 is 11.6 Å². The Balaban J connectivity index is 1.83. The number of rotatable bonds is 10. The minimum atomic E-state index is -3.11. The van der Waals surface area contributed by atoms with Gasteiger partial charge < -0.3 is 15.0 Å². The molecule has 1 aromatic carbocycles. The van der Waals surface area contributed by atoms with Gasteiger partial charge in [0.25, 0.3) is 0 Å². The zero-order chi connectivity index (χ0) is 24.4. The van der Waals surface area contributed by atoms with E-state index in [-0.39, 0.29) is 49.1 Å². The maximum absolute atomic E-state index is 15.2. The molecule has 1 unspecified atom stereocenters. The fourth-order valence-corrected chi connectivity index (χ4v) is 4.02. The number of nitrogens with one attached hydrogen (secondary N) is 1. The second kappa shape index (κ2) is 9.87. The van der Waals surface area contributed by atoms with Gasteiger partial charge in [0.1, 0.15) is 5.82 Å². The van der Waals surface area contributed by atoms with Crippen molar-refractivity contribution in [2.45, 2.75) is 91.0 Å². The van der Waals surface area contributed by atoms with E-state index in [1.807, 2.05) is 52.8 Å². The third-order valence-corrected chi connectivity index (χ3v) is 6.08. The summed E-state index contributed by atoms with van der Waals surface area (Å²) in [4.78, 5) is 12.8. The number of anilines is 1. The molecule has 0 saturated heterocycles. The van der Waals surface area contributed by atoms with Gasteiger partial charge in [0.15, 0.2) is 0 Å². The number of benzene rings is 1. The molecule has 182 valence electrons. The van der Waals surface area contributed by atoms with Gasteiger partial charge in [0, 0.05) is 37.1 Å². The first-order chi connectivity index (χ1) is 15.4. The number of alkyl halides is 2. The maximum Gasteiger partial charge on any atom is 0.306 e. The summed E-state index contributed by atoms with van der Waals surface area (Å²) in [6, 6.07) is 5.68. The third kappa shape index (κ3) is 6.59. The standard InChI is InChI=1S/C25H36F2N4O2/c1-16-6-9-20(17(2)14-16)28-21(33)15-18(10-13-32)22-29-30-23(31(22)19-7-8-19)25(26,27)12-11-24(3,4)5/h6,9,14,18-19,32H,7-8,10-13,15H2,1-5H3,(H,28,33). The van der Waals surface area contributed by atoms with Gasteiger partial charge in [-0.3, -0.25) is 4.79 Å². The average molecular weight is 463 g/mol. The predicted octanol–water partition coefficient (Wildman–Crippen LogP) is 5.64. The topological polar surface area (TPSA) is 80.0 Å². The van der Waals surface area contributed by atoms with Crippen LogP contribution in [0.4, 0.5) is 14.5 Å². The Hall–Kier alpha value is -2.35. The fourth-order valence-electron chi connectivity index (χ4n) is 4.02. The summed E-state index contributed by atoms with van der Waals surface area (Å²) in [5.74, 6) is -3.80. The van der Waals surface area contributed by atoms with Crippen molar-refractivity contribution in [1.29, 1.82) is 0 Å². The van der Waals surface area contributed by atoms with Crippen molar-refractivity contribution in [2.75, 3.05) is 11.9 Å². The Labute approximate surface area is 194 Å². The summed E-state index contributed by atoms with van der Waals surface area (Å²) >= 11 is 0. The van der Waals surface area contributed by atoms with Crippen molar-refractivity contribution in [2.24, 2.45) is 5.41 Å². The lowest BCUT2D eigenvalue weighted by atomic mass is 9.89. The molecule has 1 atom stereocenters. The predicted molar refractivity (Wildman–Crippen MR) is 124 cm³/mol. The minimum absolute atomic E-state index is 0.0340. The molecule has 8 heteroatoms. The van der Waals surface area contributed by atoms with Crippen molar-refractivity contribution in [3.05, 3.63) is 41.0 Å². The number of aryl methyl sites for hydroxylation is 2. The molecule has 33 heavy (non-hydrogen) atoms. The number of carbonyl (C=O) groups excluding carboxylic acids is 1. The zero-order valence-corrected chi connectivity index (χ0v) is 20.3. The molecule has 1 amide bonds. The number of carbonyl (C=O) groups is 1. The first-order valence-electron chi connectivity index (χ1n) is 11.7. The van der Waals surface area contributed by atoms with Gasteiger partial charge in [-0.1, -0.05) is 38.5 Å². The molecule has 1 aromatic heterocycles. The quantitative estimate of drug-likeness (QED) is 0.479. The number of halogens is 2. The van der Waals surface area contributed by atoms with Crippen LogP contribution in [0.2, 0.25) is 0 Å². The Morgan fingerprint density at radius 1 is 1.21 bits per heavy atom. The van der Waals surface area contributed by atoms with Crippen LogP contribution in [0.25, 0.3) is 0 Å². The van der Waals surface area contributed by atoms with E-state index < -0.39 is 11.8 Å². The minimum Gasteiger partial charge on any atom is -0.396 e. The largest absolute Gasteiger partial charge is 0.396 e. The number of aliphatic hydroxyl groups is 1. The fraction of sp³-hybridized carbons (Fsp3) is 0.640. The van der Waals surface area contributed by atoms with Crippen LogP contribution >= 0.6 is 0 Å². The highest BCUT2D eigenvalue weighted by molar-refractivity contribution is 5.92. The van der Waals surface area contributed by atoms with Crippen molar-refractivity contribution in [1.82, 2.24) is 14.8 Å². The van der Waals surface area contributed by atoms with Crippen molar-refractivity contribution < 1.29 is 18.7 Å². The molecule has 1 aliphatic rings. The van der Waals surface area contributed by atoms with E-state index in [4.69, 9.17) is 0 Å². The summed E-state index contributed by atoms with van der Waals surface area (Å²) in [5, 5.41) is 20.6.